The van der Waals surface area contributed by atoms with E-state index in [0.717, 1.165) is 0 Å². The van der Waals surface area contributed by atoms with Gasteiger partial charge in [0.05, 0.1) is 0 Å². The van der Waals surface area contributed by atoms with E-state index in [9.17, 15) is 9.00 Å². The zero-order valence-electron chi connectivity index (χ0n) is 3.84. The van der Waals surface area contributed by atoms with Crippen molar-refractivity contribution in [2.24, 2.45) is 0 Å². The summed E-state index contributed by atoms with van der Waals surface area (Å²) in [4.78, 5) is 9.83. The predicted octanol–water partition coefficient (Wildman–Crippen LogP) is -0.0649. The third kappa shape index (κ3) is 5.49. The summed E-state index contributed by atoms with van der Waals surface area (Å²) in [6.07, 6.45) is 0. The van der Waals surface area contributed by atoms with E-state index in [1.165, 1.54) is 6.92 Å². The van der Waals surface area contributed by atoms with Crippen LogP contribution in [-0.4, -0.2) is 11.9 Å². The summed E-state index contributed by atoms with van der Waals surface area (Å²) in [5, 5.41) is 0. The van der Waals surface area contributed by atoms with E-state index in [1.807, 2.05) is 0 Å². The topological polar surface area (TPSA) is 43.4 Å². The largest absolute Gasteiger partial charge is 0.503 e. The molecule has 0 rings (SSSR count). The van der Waals surface area contributed by atoms with Crippen molar-refractivity contribution in [3.63, 3.8) is 0 Å². The Hall–Kier alpha value is -0.510. The minimum Gasteiger partial charge on any atom is -0.406 e. The molecule has 0 unspecified atom stereocenters. The van der Waals surface area contributed by atoms with Crippen molar-refractivity contribution in [1.29, 1.82) is 0 Å². The van der Waals surface area contributed by atoms with Crippen LogP contribution in [0, 0.1) is 0 Å². The normalized spacial score (nSPS) is 7.57. The number of carbonyl (C=O) groups is 1. The monoisotopic (exact) mass is 121 g/mol. The van der Waals surface area contributed by atoms with Crippen LogP contribution in [0.4, 0.5) is 0 Å². The molecule has 0 fully saturated rings. The first-order chi connectivity index (χ1) is 3.27. The van der Waals surface area contributed by atoms with Gasteiger partial charge in [0.15, 0.2) is 0 Å². The minimum atomic E-state index is -0.414. The Morgan fingerprint density at radius 2 is 2.43 bits per heavy atom. The van der Waals surface area contributed by atoms with Gasteiger partial charge in [-0.25, -0.2) is 0 Å². The maximum absolute atomic E-state index is 9.83. The predicted molar refractivity (Wildman–Crippen MR) is 24.7 cm³/mol. The van der Waals surface area contributed by atoms with E-state index in [2.05, 4.69) is 4.74 Å². The lowest BCUT2D eigenvalue weighted by molar-refractivity contribution is -0.138. The molecule has 4 heteroatoms. The summed E-state index contributed by atoms with van der Waals surface area (Å²) >= 11 is 0.237. The number of rotatable bonds is 2. The maximum atomic E-state index is 9.83. The number of hydrogen-bond acceptors (Lipinski definition) is 3. The van der Waals surface area contributed by atoms with Crippen LogP contribution in [0.15, 0.2) is 0 Å². The third-order valence-electron chi connectivity index (χ3n) is 0.310. The Labute approximate surface area is 45.2 Å². The molecule has 0 aliphatic heterocycles. The molecule has 0 aliphatic carbocycles. The van der Waals surface area contributed by atoms with Crippen molar-refractivity contribution in [2.75, 3.05) is 5.94 Å². The van der Waals surface area contributed by atoms with E-state index in [-0.39, 0.29) is 17.6 Å². The van der Waals surface area contributed by atoms with Gasteiger partial charge in [0, 0.05) is 11.1 Å². The lowest BCUT2D eigenvalue weighted by Crippen LogP contribution is -1.97. The van der Waals surface area contributed by atoms with Crippen molar-refractivity contribution < 1.29 is 13.7 Å². The highest BCUT2D eigenvalue weighted by Gasteiger charge is 1.97. The van der Waals surface area contributed by atoms with Crippen LogP contribution in [0.1, 0.15) is 6.92 Å². The van der Waals surface area contributed by atoms with Crippen LogP contribution in [0.2, 0.25) is 0 Å². The molecule has 0 aromatic heterocycles. The van der Waals surface area contributed by atoms with E-state index in [4.69, 9.17) is 0 Å². The Kier molecular flexibility index (Phi) is 3.40. The van der Waals surface area contributed by atoms with Crippen molar-refractivity contribution in [3.8, 4) is 0 Å². The van der Waals surface area contributed by atoms with E-state index in [1.54, 1.807) is 0 Å². The highest BCUT2D eigenvalue weighted by Crippen LogP contribution is 1.70. The molecule has 0 atom stereocenters. The van der Waals surface area contributed by atoms with Gasteiger partial charge in [-0.05, 0) is 0 Å². The van der Waals surface area contributed by atoms with Gasteiger partial charge >= 0.3 is 23.6 Å². The Morgan fingerprint density at radius 3 is 2.57 bits per heavy atom. The molecule has 0 aromatic carbocycles. The fraction of sp³-hybridized carbons (Fsp3) is 0.667. The van der Waals surface area contributed by atoms with Gasteiger partial charge < -0.3 is 4.74 Å². The van der Waals surface area contributed by atoms with Crippen molar-refractivity contribution >= 4 is 17.6 Å². The first-order valence-electron chi connectivity index (χ1n) is 1.65. The zero-order valence-corrected chi connectivity index (χ0v) is 4.66. The number of hydrogen-bond donors (Lipinski definition) is 0. The molecule has 0 amide bonds. The van der Waals surface area contributed by atoms with Crippen LogP contribution < -0.4 is 0 Å². The van der Waals surface area contributed by atoms with Crippen LogP contribution in [0.25, 0.3) is 0 Å². The highest BCUT2D eigenvalue weighted by atomic mass is 32.1. The molecule has 0 N–H and O–H groups in total. The molecule has 0 bridgehead atoms. The van der Waals surface area contributed by atoms with Crippen molar-refractivity contribution in [3.05, 3.63) is 0 Å². The fourth-order valence-corrected chi connectivity index (χ4v) is 0.321. The Morgan fingerprint density at radius 1 is 1.86 bits per heavy atom. The van der Waals surface area contributed by atoms with Crippen molar-refractivity contribution in [2.45, 2.75) is 6.92 Å². The van der Waals surface area contributed by atoms with E-state index < -0.39 is 5.97 Å². The maximum Gasteiger partial charge on any atom is 0.503 e. The van der Waals surface area contributed by atoms with Crippen LogP contribution in [-0.2, 0) is 25.4 Å². The minimum absolute atomic E-state index is 0.0880. The van der Waals surface area contributed by atoms with Crippen LogP contribution in [0.3, 0.4) is 0 Å². The third-order valence-corrected chi connectivity index (χ3v) is 0.524. The molecule has 3 nitrogen and oxygen atoms in total. The second kappa shape index (κ2) is 3.67. The van der Waals surface area contributed by atoms with Gasteiger partial charge in [-0.3, -0.25) is 4.79 Å². The second-order valence-electron chi connectivity index (χ2n) is 0.872. The van der Waals surface area contributed by atoms with Gasteiger partial charge in [-0.15, -0.1) is 0 Å². The lowest BCUT2D eigenvalue weighted by atomic mass is 10.8. The van der Waals surface area contributed by atoms with Crippen molar-refractivity contribution in [1.82, 2.24) is 0 Å². The molecule has 0 aliphatic rings. The average Bonchev–Trinajstić information content (AvgIpc) is 1.61. The van der Waals surface area contributed by atoms with E-state index in [0.29, 0.717) is 0 Å². The molecule has 0 radical (unpaired) electrons. The number of carbonyl (C=O) groups excluding carboxylic acids is 1. The zero-order chi connectivity index (χ0) is 5.70. The van der Waals surface area contributed by atoms with E-state index >= 15 is 0 Å². The van der Waals surface area contributed by atoms with Gasteiger partial charge in [-0.1, -0.05) is 0 Å². The van der Waals surface area contributed by atoms with Crippen LogP contribution in [0.5, 0.6) is 0 Å². The smallest absolute Gasteiger partial charge is 0.406 e. The SMILES string of the molecule is CC(=O)OC[S+]=O. The Bertz CT molecular complexity index is 80.2. The number of ether oxygens (including phenoxy) is 1. The summed E-state index contributed by atoms with van der Waals surface area (Å²) in [5.41, 5.74) is 0. The molecular formula is C3H5O3S+. The fourth-order valence-electron chi connectivity index (χ4n) is 0.107. The van der Waals surface area contributed by atoms with Gasteiger partial charge in [-0.2, -0.15) is 0 Å². The molecular weight excluding hydrogens is 116 g/mol. The average molecular weight is 121 g/mol. The van der Waals surface area contributed by atoms with Gasteiger partial charge in [0.25, 0.3) is 0 Å². The van der Waals surface area contributed by atoms with Crippen LogP contribution >= 0.6 is 0 Å². The quantitative estimate of drug-likeness (QED) is 0.292. The second-order valence-corrected chi connectivity index (χ2v) is 1.34. The molecule has 0 heterocycles. The number of esters is 1. The summed E-state index contributed by atoms with van der Waals surface area (Å²) < 4.78 is 13.7. The first kappa shape index (κ1) is 6.49. The summed E-state index contributed by atoms with van der Waals surface area (Å²) in [6, 6.07) is 0. The molecule has 0 spiro atoms. The summed E-state index contributed by atoms with van der Waals surface area (Å²) in [6.45, 7) is 1.26. The Balaban J connectivity index is 2.97. The molecule has 40 valence electrons. The molecule has 0 aromatic rings. The highest BCUT2D eigenvalue weighted by molar-refractivity contribution is 7.65. The standard InChI is InChI=1S/C3H5O3S/c1-3(4)6-2-7-5/h2H2,1H3/q+1. The molecule has 7 heavy (non-hydrogen) atoms. The molecule has 0 saturated carbocycles. The van der Waals surface area contributed by atoms with Gasteiger partial charge in [0.2, 0.25) is 0 Å². The first-order valence-corrected chi connectivity index (χ1v) is 2.56. The van der Waals surface area contributed by atoms with Gasteiger partial charge in [0.1, 0.15) is 0 Å². The summed E-state index contributed by atoms with van der Waals surface area (Å²) in [7, 11) is 0. The summed E-state index contributed by atoms with van der Waals surface area (Å²) in [5.74, 6) is -0.502. The lowest BCUT2D eigenvalue weighted by Gasteiger charge is -1.80. The molecule has 0 saturated heterocycles.